The molecule has 1 fully saturated rings. The molecule has 1 aliphatic heterocycles. The lowest BCUT2D eigenvalue weighted by Gasteiger charge is -2.17. The number of aromatic nitrogens is 1. The molecule has 2 amide bonds. The predicted molar refractivity (Wildman–Crippen MR) is 88.0 cm³/mol. The molecule has 1 aromatic heterocycles. The number of carbonyl (C=O) groups excluding carboxylic acids is 2. The lowest BCUT2D eigenvalue weighted by molar-refractivity contribution is -0.132. The van der Waals surface area contributed by atoms with E-state index in [0.717, 1.165) is 11.3 Å². The van der Waals surface area contributed by atoms with Crippen LogP contribution in [0.3, 0.4) is 0 Å². The van der Waals surface area contributed by atoms with Crippen molar-refractivity contribution >= 4 is 29.1 Å². The molecule has 2 aromatic rings. The average Bonchev–Trinajstić information content (AvgIpc) is 2.95. The molecule has 6 heteroatoms. The number of pyridine rings is 1. The largest absolute Gasteiger partial charge is 0.351 e. The predicted octanol–water partition coefficient (Wildman–Crippen LogP) is 2.40. The van der Waals surface area contributed by atoms with Gasteiger partial charge in [0.25, 0.3) is 0 Å². The molecule has 3 rings (SSSR count). The van der Waals surface area contributed by atoms with Crippen LogP contribution in [0.5, 0.6) is 0 Å². The Labute approximate surface area is 139 Å². The second kappa shape index (κ2) is 6.79. The number of hydrogen-bond donors (Lipinski definition) is 1. The second-order valence-electron chi connectivity index (χ2n) is 5.38. The van der Waals surface area contributed by atoms with E-state index in [1.807, 2.05) is 18.2 Å². The summed E-state index contributed by atoms with van der Waals surface area (Å²) in [6.07, 6.45) is 3.85. The maximum Gasteiger partial charge on any atom is 0.239 e. The summed E-state index contributed by atoms with van der Waals surface area (Å²) in [7, 11) is 0. The van der Waals surface area contributed by atoms with E-state index in [9.17, 15) is 9.59 Å². The monoisotopic (exact) mass is 329 g/mol. The molecule has 23 heavy (non-hydrogen) atoms. The fraction of sp³-hybridized carbons (Fsp3) is 0.235. The van der Waals surface area contributed by atoms with E-state index in [2.05, 4.69) is 10.3 Å². The molecule has 0 unspecified atom stereocenters. The molecule has 0 aliphatic carbocycles. The van der Waals surface area contributed by atoms with Crippen molar-refractivity contribution in [1.82, 2.24) is 10.3 Å². The molecule has 1 aliphatic rings. The van der Waals surface area contributed by atoms with E-state index in [1.54, 1.807) is 35.5 Å². The van der Waals surface area contributed by atoms with Crippen molar-refractivity contribution in [3.63, 3.8) is 0 Å². The maximum absolute atomic E-state index is 12.5. The fourth-order valence-electron chi connectivity index (χ4n) is 2.64. The molecule has 1 aromatic carbocycles. The van der Waals surface area contributed by atoms with Crippen LogP contribution in [-0.2, 0) is 16.1 Å². The van der Waals surface area contributed by atoms with Crippen LogP contribution in [0.25, 0.3) is 0 Å². The van der Waals surface area contributed by atoms with E-state index in [4.69, 9.17) is 11.6 Å². The van der Waals surface area contributed by atoms with Crippen molar-refractivity contribution in [2.45, 2.75) is 13.0 Å². The Kier molecular flexibility index (Phi) is 4.57. The smallest absolute Gasteiger partial charge is 0.239 e. The average molecular weight is 330 g/mol. The van der Waals surface area contributed by atoms with Gasteiger partial charge in [-0.1, -0.05) is 17.7 Å². The van der Waals surface area contributed by atoms with Crippen molar-refractivity contribution in [2.75, 3.05) is 11.4 Å². The summed E-state index contributed by atoms with van der Waals surface area (Å²) < 4.78 is 0. The maximum atomic E-state index is 12.5. The van der Waals surface area contributed by atoms with Crippen molar-refractivity contribution in [3.05, 3.63) is 59.4 Å². The molecular formula is C17H16ClN3O2. The highest BCUT2D eigenvalue weighted by Gasteiger charge is 2.37. The minimum Gasteiger partial charge on any atom is -0.351 e. The normalized spacial score (nSPS) is 17.3. The molecular weight excluding hydrogens is 314 g/mol. The van der Waals surface area contributed by atoms with Crippen LogP contribution in [0.1, 0.15) is 12.0 Å². The number of carbonyl (C=O) groups is 2. The number of anilines is 1. The quantitative estimate of drug-likeness (QED) is 0.876. The first-order chi connectivity index (χ1) is 11.1. The summed E-state index contributed by atoms with van der Waals surface area (Å²) >= 11 is 5.97. The molecule has 1 saturated heterocycles. The molecule has 0 saturated carbocycles. The SMILES string of the molecule is O=C(NCc1ccncc1)[C@@H]1CCN(c2cccc(Cl)c2)C1=O. The molecule has 5 nitrogen and oxygen atoms in total. The summed E-state index contributed by atoms with van der Waals surface area (Å²) in [5, 5.41) is 3.38. The lowest BCUT2D eigenvalue weighted by atomic mass is 10.1. The molecule has 0 spiro atoms. The number of halogens is 1. The van der Waals surface area contributed by atoms with Gasteiger partial charge in [-0.15, -0.1) is 0 Å². The van der Waals surface area contributed by atoms with Gasteiger partial charge in [0.15, 0.2) is 0 Å². The van der Waals surface area contributed by atoms with Gasteiger partial charge in [-0.05, 0) is 42.3 Å². The Balaban J connectivity index is 1.63. The first kappa shape index (κ1) is 15.5. The van der Waals surface area contributed by atoms with Gasteiger partial charge in [0.1, 0.15) is 5.92 Å². The molecule has 1 N–H and O–H groups in total. The van der Waals surface area contributed by atoms with Crippen molar-refractivity contribution < 1.29 is 9.59 Å². The van der Waals surface area contributed by atoms with Crippen LogP contribution in [0.2, 0.25) is 5.02 Å². The van der Waals surface area contributed by atoms with E-state index < -0.39 is 5.92 Å². The van der Waals surface area contributed by atoms with E-state index in [0.29, 0.717) is 24.5 Å². The van der Waals surface area contributed by atoms with Gasteiger partial charge >= 0.3 is 0 Å². The van der Waals surface area contributed by atoms with Crippen molar-refractivity contribution in [3.8, 4) is 0 Å². The Bertz CT molecular complexity index is 721. The Morgan fingerprint density at radius 2 is 2.09 bits per heavy atom. The van der Waals surface area contributed by atoms with Crippen LogP contribution in [0.4, 0.5) is 5.69 Å². The van der Waals surface area contributed by atoms with Gasteiger partial charge in [-0.25, -0.2) is 0 Å². The number of nitrogens with zero attached hydrogens (tertiary/aromatic N) is 2. The first-order valence-corrected chi connectivity index (χ1v) is 7.76. The van der Waals surface area contributed by atoms with Gasteiger partial charge in [-0.2, -0.15) is 0 Å². The highest BCUT2D eigenvalue weighted by Crippen LogP contribution is 2.27. The summed E-state index contributed by atoms with van der Waals surface area (Å²) in [6, 6.07) is 10.8. The molecule has 2 heterocycles. The third-order valence-electron chi connectivity index (χ3n) is 3.86. The summed E-state index contributed by atoms with van der Waals surface area (Å²) in [5.74, 6) is -1.06. The highest BCUT2D eigenvalue weighted by atomic mass is 35.5. The number of nitrogens with one attached hydrogen (secondary N) is 1. The zero-order valence-corrected chi connectivity index (χ0v) is 13.2. The van der Waals surface area contributed by atoms with Crippen molar-refractivity contribution in [1.29, 1.82) is 0 Å². The summed E-state index contributed by atoms with van der Waals surface area (Å²) in [6.45, 7) is 0.912. The number of hydrogen-bond acceptors (Lipinski definition) is 3. The molecule has 1 atom stereocenters. The van der Waals surface area contributed by atoms with Crippen LogP contribution in [-0.4, -0.2) is 23.3 Å². The Morgan fingerprint density at radius 3 is 2.83 bits per heavy atom. The number of benzene rings is 1. The van der Waals surface area contributed by atoms with Crippen LogP contribution >= 0.6 is 11.6 Å². The Morgan fingerprint density at radius 1 is 1.30 bits per heavy atom. The molecule has 0 bridgehead atoms. The minimum absolute atomic E-state index is 0.181. The molecule has 118 valence electrons. The van der Waals surface area contributed by atoms with E-state index in [1.165, 1.54) is 0 Å². The van der Waals surface area contributed by atoms with Gasteiger partial charge in [0.05, 0.1) is 0 Å². The lowest BCUT2D eigenvalue weighted by Crippen LogP contribution is -2.36. The third-order valence-corrected chi connectivity index (χ3v) is 4.09. The Hall–Kier alpha value is -2.40. The van der Waals surface area contributed by atoms with Gasteiger partial charge in [-0.3, -0.25) is 14.6 Å². The minimum atomic E-state index is -0.643. The summed E-state index contributed by atoms with van der Waals surface area (Å²) in [5.41, 5.74) is 1.68. The highest BCUT2D eigenvalue weighted by molar-refractivity contribution is 6.31. The van der Waals surface area contributed by atoms with Crippen molar-refractivity contribution in [2.24, 2.45) is 5.92 Å². The summed E-state index contributed by atoms with van der Waals surface area (Å²) in [4.78, 5) is 30.3. The van der Waals surface area contributed by atoms with Gasteiger partial charge in [0.2, 0.25) is 11.8 Å². The van der Waals surface area contributed by atoms with Gasteiger partial charge < -0.3 is 10.2 Å². The third kappa shape index (κ3) is 3.51. The zero-order chi connectivity index (χ0) is 16.2. The fourth-order valence-corrected chi connectivity index (χ4v) is 2.82. The van der Waals surface area contributed by atoms with E-state index >= 15 is 0 Å². The second-order valence-corrected chi connectivity index (χ2v) is 5.82. The molecule has 0 radical (unpaired) electrons. The van der Waals surface area contributed by atoms with Gasteiger partial charge in [0, 0.05) is 36.2 Å². The van der Waals surface area contributed by atoms with Crippen LogP contribution in [0.15, 0.2) is 48.8 Å². The standard InChI is InChI=1S/C17H16ClN3O2/c18-13-2-1-3-14(10-13)21-9-6-15(17(21)23)16(22)20-11-12-4-7-19-8-5-12/h1-5,7-8,10,15H,6,9,11H2,(H,20,22)/t15-/m0/s1. The van der Waals surface area contributed by atoms with Crippen LogP contribution in [0, 0.1) is 5.92 Å². The first-order valence-electron chi connectivity index (χ1n) is 7.39. The van der Waals surface area contributed by atoms with Crippen LogP contribution < -0.4 is 10.2 Å². The number of amides is 2. The zero-order valence-electron chi connectivity index (χ0n) is 12.4. The topological polar surface area (TPSA) is 62.3 Å². The number of rotatable bonds is 4. The van der Waals surface area contributed by atoms with E-state index in [-0.39, 0.29) is 11.8 Å².